The van der Waals surface area contributed by atoms with Gasteiger partial charge in [-0.1, -0.05) is 30.3 Å². The molecule has 2 fully saturated rings. The monoisotopic (exact) mass is 307 g/mol. The van der Waals surface area contributed by atoms with Crippen LogP contribution in [0.25, 0.3) is 0 Å². The summed E-state index contributed by atoms with van der Waals surface area (Å²) in [6.07, 6.45) is 3.90. The molecule has 2 aliphatic rings. The number of carbonyl (C=O) groups is 1. The van der Waals surface area contributed by atoms with E-state index in [0.717, 1.165) is 25.7 Å². The van der Waals surface area contributed by atoms with Crippen molar-refractivity contribution < 1.29 is 13.6 Å². The van der Waals surface area contributed by atoms with Crippen molar-refractivity contribution in [2.75, 3.05) is 6.54 Å². The number of likely N-dealkylation sites (tertiary alicyclic amines) is 1. The van der Waals surface area contributed by atoms with Gasteiger partial charge in [0.2, 0.25) is 12.3 Å². The van der Waals surface area contributed by atoms with Crippen LogP contribution in [-0.2, 0) is 4.79 Å². The lowest BCUT2D eigenvalue weighted by Crippen LogP contribution is -2.47. The van der Waals surface area contributed by atoms with Crippen LogP contribution < -0.4 is 0 Å². The summed E-state index contributed by atoms with van der Waals surface area (Å²) in [5.74, 6) is -2.25. The highest BCUT2D eigenvalue weighted by Gasteiger charge is 2.42. The van der Waals surface area contributed by atoms with Gasteiger partial charge in [-0.2, -0.15) is 0 Å². The van der Waals surface area contributed by atoms with E-state index in [1.807, 2.05) is 18.2 Å². The number of halogens is 2. The molecule has 0 radical (unpaired) electrons. The summed E-state index contributed by atoms with van der Waals surface area (Å²) in [6, 6.07) is 10.2. The second kappa shape index (κ2) is 6.35. The average Bonchev–Trinajstić information content (AvgIpc) is 2.54. The van der Waals surface area contributed by atoms with Crippen LogP contribution in [0.5, 0.6) is 0 Å². The molecular weight excluding hydrogens is 284 g/mol. The van der Waals surface area contributed by atoms with Gasteiger partial charge in [0.25, 0.3) is 0 Å². The number of benzene rings is 1. The number of hydrogen-bond acceptors (Lipinski definition) is 1. The van der Waals surface area contributed by atoms with Crippen molar-refractivity contribution in [2.24, 2.45) is 5.92 Å². The summed E-state index contributed by atoms with van der Waals surface area (Å²) >= 11 is 0. The number of piperidine rings is 1. The Balaban J connectivity index is 1.76. The predicted molar refractivity (Wildman–Crippen MR) is 81.9 cm³/mol. The molecule has 1 heterocycles. The molecule has 0 N–H and O–H groups in total. The van der Waals surface area contributed by atoms with Gasteiger partial charge in [-0.15, -0.1) is 0 Å². The summed E-state index contributed by atoms with van der Waals surface area (Å²) in [6.45, 7) is 0.676. The first-order valence-corrected chi connectivity index (χ1v) is 8.23. The van der Waals surface area contributed by atoms with Crippen LogP contribution >= 0.6 is 0 Å². The van der Waals surface area contributed by atoms with Gasteiger partial charge in [-0.05, 0) is 43.1 Å². The molecule has 4 heteroatoms. The maximum atomic E-state index is 13.8. The van der Waals surface area contributed by atoms with Gasteiger partial charge in [-0.25, -0.2) is 8.78 Å². The quantitative estimate of drug-likeness (QED) is 0.766. The van der Waals surface area contributed by atoms with Gasteiger partial charge in [0.15, 0.2) is 0 Å². The number of carbonyl (C=O) groups excluding carboxylic acids is 1. The zero-order valence-electron chi connectivity index (χ0n) is 12.8. The molecule has 22 heavy (non-hydrogen) atoms. The molecule has 3 rings (SSSR count). The Kier molecular flexibility index (Phi) is 4.46. The fourth-order valence-electron chi connectivity index (χ4n) is 4.18. The van der Waals surface area contributed by atoms with Crippen LogP contribution in [0.4, 0.5) is 8.78 Å². The van der Waals surface area contributed by atoms with Crippen molar-refractivity contribution >= 4 is 6.41 Å². The van der Waals surface area contributed by atoms with E-state index >= 15 is 0 Å². The van der Waals surface area contributed by atoms with Crippen molar-refractivity contribution in [1.29, 1.82) is 0 Å². The van der Waals surface area contributed by atoms with E-state index < -0.39 is 5.92 Å². The van der Waals surface area contributed by atoms with Crippen LogP contribution in [-0.4, -0.2) is 29.8 Å². The Hall–Kier alpha value is -1.45. The fraction of sp³-hybridized carbons (Fsp3) is 0.611. The summed E-state index contributed by atoms with van der Waals surface area (Å²) in [5.41, 5.74) is 1.26. The highest BCUT2D eigenvalue weighted by molar-refractivity contribution is 5.48. The minimum atomic E-state index is -2.56. The van der Waals surface area contributed by atoms with E-state index in [1.54, 1.807) is 4.90 Å². The first-order valence-electron chi connectivity index (χ1n) is 8.23. The third kappa shape index (κ3) is 3.31. The Labute approximate surface area is 130 Å². The Morgan fingerprint density at radius 2 is 1.95 bits per heavy atom. The van der Waals surface area contributed by atoms with Gasteiger partial charge in [0.1, 0.15) is 0 Å². The van der Waals surface area contributed by atoms with Crippen molar-refractivity contribution in [3.63, 3.8) is 0 Å². The molecule has 3 atom stereocenters. The third-order valence-corrected chi connectivity index (χ3v) is 5.32. The zero-order chi connectivity index (χ0) is 15.6. The Bertz CT molecular complexity index is 505. The van der Waals surface area contributed by atoms with Gasteiger partial charge >= 0.3 is 0 Å². The van der Waals surface area contributed by atoms with E-state index in [9.17, 15) is 13.6 Å². The van der Waals surface area contributed by atoms with E-state index in [1.165, 1.54) is 5.56 Å². The first kappa shape index (κ1) is 15.4. The summed E-state index contributed by atoms with van der Waals surface area (Å²) in [7, 11) is 0. The van der Waals surface area contributed by atoms with E-state index in [4.69, 9.17) is 0 Å². The summed E-state index contributed by atoms with van der Waals surface area (Å²) < 4.78 is 27.5. The number of rotatable bonds is 3. The Morgan fingerprint density at radius 3 is 2.64 bits per heavy atom. The van der Waals surface area contributed by atoms with Gasteiger partial charge in [0, 0.05) is 25.4 Å². The number of alkyl halides is 2. The van der Waals surface area contributed by atoms with Crippen LogP contribution in [0.1, 0.15) is 50.0 Å². The smallest absolute Gasteiger partial charge is 0.248 e. The molecule has 0 aromatic heterocycles. The molecule has 1 aliphatic carbocycles. The van der Waals surface area contributed by atoms with Crippen LogP contribution in [0.3, 0.4) is 0 Å². The lowest BCUT2D eigenvalue weighted by Gasteiger charge is -2.44. The molecule has 1 unspecified atom stereocenters. The lowest BCUT2D eigenvalue weighted by molar-refractivity contribution is -0.126. The normalized spacial score (nSPS) is 31.7. The molecule has 1 aromatic carbocycles. The summed E-state index contributed by atoms with van der Waals surface area (Å²) in [5, 5.41) is 0. The van der Waals surface area contributed by atoms with Gasteiger partial charge in [-0.3, -0.25) is 4.79 Å². The standard InChI is InChI=1S/C18H23F2NO/c19-18(20)9-4-7-16(12-18)17-11-15(8-10-21(17)13-22)14-5-2-1-3-6-14/h1-3,5-6,13,15-17H,4,7-12H2/t15-,16?,17+/m1/s1. The summed E-state index contributed by atoms with van der Waals surface area (Å²) in [4.78, 5) is 13.1. The predicted octanol–water partition coefficient (Wildman–Crippen LogP) is 4.22. The minimum absolute atomic E-state index is 0.000572. The molecular formula is C18H23F2NO. The molecule has 1 amide bonds. The molecule has 120 valence electrons. The highest BCUT2D eigenvalue weighted by atomic mass is 19.3. The van der Waals surface area contributed by atoms with Crippen LogP contribution in [0, 0.1) is 5.92 Å². The molecule has 1 saturated carbocycles. The number of hydrogen-bond donors (Lipinski definition) is 0. The zero-order valence-corrected chi connectivity index (χ0v) is 12.8. The fourth-order valence-corrected chi connectivity index (χ4v) is 4.18. The molecule has 0 bridgehead atoms. The Morgan fingerprint density at radius 1 is 1.18 bits per heavy atom. The highest BCUT2D eigenvalue weighted by Crippen LogP contribution is 2.43. The lowest BCUT2D eigenvalue weighted by atomic mass is 9.74. The second-order valence-electron chi connectivity index (χ2n) is 6.75. The van der Waals surface area contributed by atoms with Crippen LogP contribution in [0.2, 0.25) is 0 Å². The largest absolute Gasteiger partial charge is 0.342 e. The van der Waals surface area contributed by atoms with Gasteiger partial charge < -0.3 is 4.90 Å². The van der Waals surface area contributed by atoms with Gasteiger partial charge in [0.05, 0.1) is 0 Å². The SMILES string of the molecule is O=CN1CC[C@@H](c2ccccc2)C[C@H]1C1CCCC(F)(F)C1. The van der Waals surface area contributed by atoms with Crippen molar-refractivity contribution in [3.05, 3.63) is 35.9 Å². The molecule has 1 aromatic rings. The molecule has 2 nitrogen and oxygen atoms in total. The number of nitrogens with zero attached hydrogens (tertiary/aromatic N) is 1. The van der Waals surface area contributed by atoms with E-state index in [-0.39, 0.29) is 24.8 Å². The second-order valence-corrected chi connectivity index (χ2v) is 6.75. The van der Waals surface area contributed by atoms with Crippen molar-refractivity contribution in [2.45, 2.75) is 56.4 Å². The average molecular weight is 307 g/mol. The maximum Gasteiger partial charge on any atom is 0.248 e. The minimum Gasteiger partial charge on any atom is -0.342 e. The molecule has 1 aliphatic heterocycles. The topological polar surface area (TPSA) is 20.3 Å². The third-order valence-electron chi connectivity index (χ3n) is 5.32. The molecule has 1 saturated heterocycles. The van der Waals surface area contributed by atoms with Crippen molar-refractivity contribution in [1.82, 2.24) is 4.90 Å². The first-order chi connectivity index (χ1) is 10.6. The number of amides is 1. The van der Waals surface area contributed by atoms with Crippen molar-refractivity contribution in [3.8, 4) is 0 Å². The van der Waals surface area contributed by atoms with E-state index in [2.05, 4.69) is 12.1 Å². The van der Waals surface area contributed by atoms with Crippen LogP contribution in [0.15, 0.2) is 30.3 Å². The molecule has 0 spiro atoms. The maximum absolute atomic E-state index is 13.8. The van der Waals surface area contributed by atoms with E-state index in [0.29, 0.717) is 18.9 Å².